The standard InChI is InChI=1S/C47H81NO36.C41H40N2O4/c48-2-1-3-69-40-32(68)39-19(12-55)78-47(40)71-5-4-70-33-13(6-49)72-41(26(62)20(33)56)79-34-14(7-50)73-42(27(63)21(34)57)80-35-15(8-51)74-43(28(64)22(35)58)81-36-16(9-52)75-44(29(65)23(36)59)82-37-17(10-53)76-45(30(66)24(37)60)83-38-18(11-54)77-46(84-39)31(67)25(38)61;1-40(2)34(42(26-24-36(44)45)32-22-20-28-14-10-12-16-30(28)38(32)40)18-8-6-5-7-9-19-35-41(3,4)39-31-17-13-11-15-29(31)21-23-33(39)43(35)27-25-37(46)47/h13-47,49-68H,1-12,48H2;5-23H,24-27H2,1-4H3,(H-,44,45,46,47)/p+1/t13-,14-,15-,16-,17-,18-,19-,20-,21-,22-,23-,24-,25-,26-,27-,28-,29-,30-,31-,32+,33-,34-,35-,36-,37-,38-,39?,40-,41?,42?,43?,44?,45?,46?,47+;/m1./s1. The first-order chi connectivity index (χ1) is 62.7. The van der Waals surface area contributed by atoms with Gasteiger partial charge in [0.15, 0.2) is 56.3 Å². The number of carboxylic acids is 2. The van der Waals surface area contributed by atoms with Crippen molar-refractivity contribution in [3.05, 3.63) is 132 Å². The van der Waals surface area contributed by atoms with Crippen molar-refractivity contribution in [1.82, 2.24) is 0 Å². The molecular weight excluding hydrogens is 1740 g/mol. The van der Waals surface area contributed by atoms with Gasteiger partial charge in [0.25, 0.3) is 0 Å². The average Bonchev–Trinajstić information content (AvgIpc) is 1.58. The lowest BCUT2D eigenvalue weighted by molar-refractivity contribution is -0.436. The zero-order valence-electron chi connectivity index (χ0n) is 72.1. The molecule has 43 heteroatoms. The number of ether oxygens (including phenoxy) is 16. The van der Waals surface area contributed by atoms with Crippen LogP contribution in [0.3, 0.4) is 0 Å². The van der Waals surface area contributed by atoms with E-state index in [1.54, 1.807) is 0 Å². The van der Waals surface area contributed by atoms with E-state index >= 15 is 0 Å². The minimum absolute atomic E-state index is 0.0480. The summed E-state index contributed by atoms with van der Waals surface area (Å²) in [6.07, 6.45) is -52.1. The molecule has 0 spiro atoms. The molecule has 24 aliphatic rings. The number of aliphatic hydroxyl groups is 20. The van der Waals surface area contributed by atoms with Crippen LogP contribution in [-0.2, 0) is 96.2 Å². The summed E-state index contributed by atoms with van der Waals surface area (Å²) in [6, 6.07) is 25.2. The van der Waals surface area contributed by atoms with E-state index in [1.165, 1.54) is 32.7 Å². The molecule has 0 aliphatic carbocycles. The first-order valence-electron chi connectivity index (χ1n) is 43.5. The van der Waals surface area contributed by atoms with Crippen molar-refractivity contribution in [3.63, 3.8) is 0 Å². The highest BCUT2D eigenvalue weighted by molar-refractivity contribution is 6.07. The molecular formula is C88H122N3O40+. The second-order valence-corrected chi connectivity index (χ2v) is 34.5. The van der Waals surface area contributed by atoms with Gasteiger partial charge in [0, 0.05) is 47.7 Å². The summed E-state index contributed by atoms with van der Waals surface area (Å²) < 4.78 is 94.5. The number of carboxylic acid groups (broad SMARTS) is 2. The van der Waals surface area contributed by atoms with Crippen molar-refractivity contribution in [2.75, 3.05) is 90.6 Å². The van der Waals surface area contributed by atoms with Crippen LogP contribution in [0.5, 0.6) is 0 Å². The molecule has 43 nitrogen and oxygen atoms in total. The summed E-state index contributed by atoms with van der Waals surface area (Å²) in [6.45, 7) is 1.78. The third-order valence-corrected chi connectivity index (χ3v) is 25.4. The Morgan fingerprint density at radius 3 is 1.18 bits per heavy atom. The fraction of sp³-hybridized carbons (Fsp3) is 0.648. The molecule has 131 heavy (non-hydrogen) atoms. The van der Waals surface area contributed by atoms with Gasteiger partial charge in [-0.25, -0.2) is 0 Å². The lowest BCUT2D eigenvalue weighted by atomic mass is 9.79. The van der Waals surface area contributed by atoms with Gasteiger partial charge in [0.1, 0.15) is 177 Å². The van der Waals surface area contributed by atoms with E-state index in [2.05, 4.69) is 110 Å². The van der Waals surface area contributed by atoms with Crippen LogP contribution in [-0.4, -0.2) is 435 Å². The monoisotopic (exact) mass is 1860 g/mol. The van der Waals surface area contributed by atoms with Crippen LogP contribution in [0, 0.1) is 0 Å². The molecule has 24 N–H and O–H groups in total. The topological polar surface area (TPSA) is 659 Å². The molecule has 0 radical (unpaired) electrons. The number of benzene rings is 4. The van der Waals surface area contributed by atoms with Gasteiger partial charge < -0.3 is 199 Å². The van der Waals surface area contributed by atoms with E-state index < -0.39 is 286 Å². The van der Waals surface area contributed by atoms with E-state index in [9.17, 15) is 122 Å². The summed E-state index contributed by atoms with van der Waals surface area (Å²) in [5, 5.41) is 244. The zero-order chi connectivity index (χ0) is 94.4. The van der Waals surface area contributed by atoms with Crippen molar-refractivity contribution in [3.8, 4) is 0 Å². The van der Waals surface area contributed by atoms with Crippen LogP contribution >= 0.6 is 0 Å². The molecule has 0 amide bonds. The second kappa shape index (κ2) is 44.6. The Bertz CT molecular complexity index is 4590. The Kier molecular flexibility index (Phi) is 34.6. The highest BCUT2D eigenvalue weighted by Crippen LogP contribution is 2.52. The molecule has 35 atom stereocenters. The van der Waals surface area contributed by atoms with Crippen LogP contribution in [0.2, 0.25) is 0 Å². The van der Waals surface area contributed by atoms with Gasteiger partial charge in [-0.1, -0.05) is 98.8 Å². The van der Waals surface area contributed by atoms with Crippen LogP contribution < -0.4 is 10.6 Å². The van der Waals surface area contributed by atoms with Crippen LogP contribution in [0.25, 0.3) is 21.5 Å². The SMILES string of the molecule is CC1(C)C(/C=C/C=C/C=C/C=C2/N(CCC(=O)O)c3ccc4ccccc4c3C2(C)C)=[N+](CCC(=O)O)c2ccc3ccccc3c21.NCCCO[C@H]1[C@H]2OCCO[C@H]3[C@H](O)[C@@H](O)C(O[C@H]4[C@H](O)[C@@H](O)C(O[C@H]5[C@H](O)[C@@H](O)C(O[C@H]6[C@H](O)[C@@H](O)C(O[C@H]7[C@H](O)[C@@H](O)C(O[C@H]8[C@H](O)[C@@H](O)C(OC([C@@H](CO)O2)[C@@H]1O)O[C@@H]8CO)O[C@@H]7CO)O[C@@H]6CO)O[C@@H]5CO)O[C@@H]4CO)O[C@@H]3CO. The van der Waals surface area contributed by atoms with Gasteiger partial charge in [0.2, 0.25) is 5.69 Å². The number of rotatable bonds is 21. The molecule has 0 saturated carbocycles. The molecule has 0 aromatic heterocycles. The predicted molar refractivity (Wildman–Crippen MR) is 448 cm³/mol. The Hall–Kier alpha value is -6.71. The summed E-state index contributed by atoms with van der Waals surface area (Å²) in [4.78, 5) is 25.2. The largest absolute Gasteiger partial charge is 0.481 e. The number of aliphatic carboxylic acids is 2. The minimum Gasteiger partial charge on any atom is -0.481 e. The number of hydrogen-bond acceptors (Lipinski definition) is 40. The van der Waals surface area contributed by atoms with Crippen molar-refractivity contribution < 1.29 is 202 Å². The van der Waals surface area contributed by atoms with E-state index in [0.29, 0.717) is 13.1 Å². The van der Waals surface area contributed by atoms with Gasteiger partial charge in [-0.05, 0) is 72.1 Å². The van der Waals surface area contributed by atoms with E-state index in [4.69, 9.17) is 81.5 Å². The maximum absolute atomic E-state index is 11.8. The van der Waals surface area contributed by atoms with Gasteiger partial charge in [-0.3, -0.25) is 9.59 Å². The Morgan fingerprint density at radius 1 is 0.412 bits per heavy atom. The molecule has 7 unspecified atom stereocenters. The number of fused-ring (bicyclic) bond motifs is 7. The third kappa shape index (κ3) is 21.4. The fourth-order valence-corrected chi connectivity index (χ4v) is 18.6. The molecule has 4 aromatic rings. The summed E-state index contributed by atoms with van der Waals surface area (Å²) >= 11 is 0. The molecule has 14 bridgehead atoms. The molecule has 24 aliphatic heterocycles. The highest BCUT2D eigenvalue weighted by Gasteiger charge is 2.60. The Balaban J connectivity index is 0.000000261. The number of nitrogens with zero attached hydrogens (tertiary/aromatic N) is 2. The fourth-order valence-electron chi connectivity index (χ4n) is 18.6. The van der Waals surface area contributed by atoms with Crippen molar-refractivity contribution in [2.45, 2.75) is 273 Å². The van der Waals surface area contributed by atoms with Crippen LogP contribution in [0.1, 0.15) is 58.1 Å². The van der Waals surface area contributed by atoms with Crippen LogP contribution in [0.4, 0.5) is 11.4 Å². The van der Waals surface area contributed by atoms with Gasteiger partial charge >= 0.3 is 11.9 Å². The molecule has 28 rings (SSSR count). The van der Waals surface area contributed by atoms with Crippen molar-refractivity contribution >= 4 is 50.6 Å². The predicted octanol–water partition coefficient (Wildman–Crippen LogP) is -6.17. The smallest absolute Gasteiger partial charge is 0.309 e. The summed E-state index contributed by atoms with van der Waals surface area (Å²) in [7, 11) is 0. The van der Waals surface area contributed by atoms with E-state index in [0.717, 1.165) is 22.8 Å². The Labute approximate surface area is 751 Å². The number of nitrogens with two attached hydrogens (primary N) is 1. The van der Waals surface area contributed by atoms with Gasteiger partial charge in [-0.2, -0.15) is 4.58 Å². The van der Waals surface area contributed by atoms with E-state index in [1.807, 2.05) is 42.5 Å². The highest BCUT2D eigenvalue weighted by atomic mass is 16.8. The zero-order valence-corrected chi connectivity index (χ0v) is 72.1. The molecule has 4 aromatic carbocycles. The number of anilines is 1. The Morgan fingerprint density at radius 2 is 0.771 bits per heavy atom. The second-order valence-electron chi connectivity index (χ2n) is 34.5. The molecule has 728 valence electrons. The lowest BCUT2D eigenvalue weighted by Gasteiger charge is -2.50. The number of aliphatic hydroxyl groups excluding tert-OH is 20. The first-order valence-corrected chi connectivity index (χ1v) is 43.5. The number of allylic oxidation sites excluding steroid dienone is 8. The van der Waals surface area contributed by atoms with Crippen LogP contribution in [0.15, 0.2) is 121 Å². The summed E-state index contributed by atoms with van der Waals surface area (Å²) in [5.74, 6) is -1.63. The average molecular weight is 1860 g/mol. The molecule has 22 fully saturated rings. The van der Waals surface area contributed by atoms with Crippen molar-refractivity contribution in [1.29, 1.82) is 0 Å². The maximum atomic E-state index is 11.8. The number of carbonyl (C=O) groups is 2. The first kappa shape index (κ1) is 102. The third-order valence-electron chi connectivity index (χ3n) is 25.4. The molecule has 24 heterocycles. The normalized spacial score (nSPS) is 39.8. The quantitative estimate of drug-likeness (QED) is 0.0210. The van der Waals surface area contributed by atoms with Gasteiger partial charge in [-0.15, -0.1) is 0 Å². The van der Waals surface area contributed by atoms with E-state index in [-0.39, 0.29) is 43.2 Å². The molecule has 22 saturated heterocycles. The summed E-state index contributed by atoms with van der Waals surface area (Å²) in [5.41, 5.74) is 11.7. The van der Waals surface area contributed by atoms with Crippen molar-refractivity contribution in [2.24, 2.45) is 5.73 Å². The van der Waals surface area contributed by atoms with Gasteiger partial charge in [0.05, 0.1) is 71.3 Å². The number of hydrogen-bond donors (Lipinski definition) is 23. The maximum Gasteiger partial charge on any atom is 0.309 e. The minimum atomic E-state index is -2.21. The lowest BCUT2D eigenvalue weighted by Crippen LogP contribution is -2.68.